The fourth-order valence-electron chi connectivity index (χ4n) is 1.42. The molecule has 0 saturated carbocycles. The van der Waals surface area contributed by atoms with Crippen LogP contribution in [0.3, 0.4) is 0 Å². The Bertz CT molecular complexity index is 359. The van der Waals surface area contributed by atoms with Gasteiger partial charge in [-0.2, -0.15) is 0 Å². The second-order valence-electron chi connectivity index (χ2n) is 3.31. The number of aliphatic hydroxyl groups excluding tert-OH is 1. The summed E-state index contributed by atoms with van der Waals surface area (Å²) in [6, 6.07) is 6.54. The van der Waals surface area contributed by atoms with Crippen molar-refractivity contribution >= 4 is 11.7 Å². The maximum atomic E-state index is 10.7. The van der Waals surface area contributed by atoms with Crippen molar-refractivity contribution in [2.45, 2.75) is 0 Å². The van der Waals surface area contributed by atoms with Crippen LogP contribution in [-0.2, 0) is 0 Å². The Balaban J connectivity index is 2.84. The van der Waals surface area contributed by atoms with E-state index in [4.69, 9.17) is 10.2 Å². The second-order valence-corrected chi connectivity index (χ2v) is 3.31. The highest BCUT2D eigenvalue weighted by Gasteiger charge is 2.06. The summed E-state index contributed by atoms with van der Waals surface area (Å²) < 4.78 is 0. The topological polar surface area (TPSA) is 60.8 Å². The SMILES string of the molecule is C=CCN(CCO)c1ccc(C(=O)O)cc1. The van der Waals surface area contributed by atoms with Gasteiger partial charge in [0.2, 0.25) is 0 Å². The molecule has 86 valence electrons. The van der Waals surface area contributed by atoms with Crippen LogP contribution < -0.4 is 4.90 Å². The lowest BCUT2D eigenvalue weighted by Crippen LogP contribution is -2.26. The van der Waals surface area contributed by atoms with Gasteiger partial charge in [0.25, 0.3) is 0 Å². The highest BCUT2D eigenvalue weighted by Crippen LogP contribution is 2.15. The van der Waals surface area contributed by atoms with Crippen LogP contribution in [0.2, 0.25) is 0 Å². The van der Waals surface area contributed by atoms with Gasteiger partial charge < -0.3 is 15.1 Å². The Kier molecular flexibility index (Phi) is 4.54. The molecule has 0 amide bonds. The average Bonchev–Trinajstić information content (AvgIpc) is 2.29. The number of carboxylic acid groups (broad SMARTS) is 1. The van der Waals surface area contributed by atoms with E-state index in [1.54, 1.807) is 30.3 Å². The monoisotopic (exact) mass is 221 g/mol. The first-order chi connectivity index (χ1) is 7.69. The van der Waals surface area contributed by atoms with Gasteiger partial charge in [0.15, 0.2) is 0 Å². The Morgan fingerprint density at radius 3 is 2.44 bits per heavy atom. The number of aliphatic hydroxyl groups is 1. The zero-order valence-corrected chi connectivity index (χ0v) is 8.97. The first kappa shape index (κ1) is 12.3. The molecule has 0 aromatic heterocycles. The molecule has 0 heterocycles. The highest BCUT2D eigenvalue weighted by molar-refractivity contribution is 5.88. The van der Waals surface area contributed by atoms with Crippen LogP contribution >= 0.6 is 0 Å². The number of benzene rings is 1. The van der Waals surface area contributed by atoms with Gasteiger partial charge in [0.1, 0.15) is 0 Å². The lowest BCUT2D eigenvalue weighted by molar-refractivity contribution is 0.0697. The molecule has 0 aliphatic rings. The van der Waals surface area contributed by atoms with Crippen molar-refractivity contribution in [3.8, 4) is 0 Å². The third-order valence-electron chi connectivity index (χ3n) is 2.20. The van der Waals surface area contributed by atoms with Crippen molar-refractivity contribution < 1.29 is 15.0 Å². The number of aromatic carboxylic acids is 1. The second kappa shape index (κ2) is 5.92. The Morgan fingerprint density at radius 1 is 1.38 bits per heavy atom. The number of hydrogen-bond acceptors (Lipinski definition) is 3. The lowest BCUT2D eigenvalue weighted by Gasteiger charge is -2.22. The molecule has 0 saturated heterocycles. The molecule has 0 fully saturated rings. The number of carbonyl (C=O) groups is 1. The van der Waals surface area contributed by atoms with Crippen LogP contribution in [0.15, 0.2) is 36.9 Å². The van der Waals surface area contributed by atoms with E-state index in [1.807, 2.05) is 4.90 Å². The molecule has 0 bridgehead atoms. The Morgan fingerprint density at radius 2 is 2.00 bits per heavy atom. The number of nitrogens with zero attached hydrogens (tertiary/aromatic N) is 1. The average molecular weight is 221 g/mol. The third kappa shape index (κ3) is 3.10. The fourth-order valence-corrected chi connectivity index (χ4v) is 1.42. The fraction of sp³-hybridized carbons (Fsp3) is 0.250. The van der Waals surface area contributed by atoms with E-state index in [0.29, 0.717) is 13.1 Å². The molecule has 0 aliphatic heterocycles. The molecule has 0 atom stereocenters. The molecule has 16 heavy (non-hydrogen) atoms. The highest BCUT2D eigenvalue weighted by atomic mass is 16.4. The zero-order valence-electron chi connectivity index (χ0n) is 8.97. The molecule has 2 N–H and O–H groups in total. The molecular weight excluding hydrogens is 206 g/mol. The van der Waals surface area contributed by atoms with Crippen LogP contribution in [0.4, 0.5) is 5.69 Å². The molecule has 1 aromatic rings. The maximum absolute atomic E-state index is 10.7. The van der Waals surface area contributed by atoms with Crippen LogP contribution in [0.5, 0.6) is 0 Å². The minimum atomic E-state index is -0.941. The minimum Gasteiger partial charge on any atom is -0.478 e. The van der Waals surface area contributed by atoms with Gasteiger partial charge in [0.05, 0.1) is 12.2 Å². The molecule has 4 nitrogen and oxygen atoms in total. The summed E-state index contributed by atoms with van der Waals surface area (Å²) in [5.41, 5.74) is 1.13. The van der Waals surface area contributed by atoms with E-state index in [9.17, 15) is 4.79 Å². The summed E-state index contributed by atoms with van der Waals surface area (Å²) >= 11 is 0. The smallest absolute Gasteiger partial charge is 0.335 e. The number of anilines is 1. The summed E-state index contributed by atoms with van der Waals surface area (Å²) in [4.78, 5) is 12.6. The van der Waals surface area contributed by atoms with Crippen LogP contribution in [0.25, 0.3) is 0 Å². The van der Waals surface area contributed by atoms with E-state index < -0.39 is 5.97 Å². The quantitative estimate of drug-likeness (QED) is 0.712. The van der Waals surface area contributed by atoms with Crippen molar-refractivity contribution in [1.82, 2.24) is 0 Å². The summed E-state index contributed by atoms with van der Waals surface area (Å²) in [5.74, 6) is -0.941. The largest absolute Gasteiger partial charge is 0.478 e. The first-order valence-corrected chi connectivity index (χ1v) is 4.99. The predicted molar refractivity (Wildman–Crippen MR) is 62.9 cm³/mol. The van der Waals surface area contributed by atoms with E-state index >= 15 is 0 Å². The summed E-state index contributed by atoms with van der Waals surface area (Å²) in [6.07, 6.45) is 1.74. The Labute approximate surface area is 94.4 Å². The van der Waals surface area contributed by atoms with Crippen LogP contribution in [0.1, 0.15) is 10.4 Å². The molecule has 0 aliphatic carbocycles. The standard InChI is InChI=1S/C12H15NO3/c1-2-7-13(8-9-14)11-5-3-10(4-6-11)12(15)16/h2-6,14H,1,7-9H2,(H,15,16). The normalized spacial score (nSPS) is 9.81. The van der Waals surface area contributed by atoms with Gasteiger partial charge in [-0.1, -0.05) is 6.08 Å². The van der Waals surface area contributed by atoms with Gasteiger partial charge in [-0.15, -0.1) is 6.58 Å². The van der Waals surface area contributed by atoms with Crippen molar-refractivity contribution in [2.75, 3.05) is 24.6 Å². The first-order valence-electron chi connectivity index (χ1n) is 4.99. The minimum absolute atomic E-state index is 0.0501. The maximum Gasteiger partial charge on any atom is 0.335 e. The molecule has 0 radical (unpaired) electrons. The van der Waals surface area contributed by atoms with Crippen molar-refractivity contribution in [1.29, 1.82) is 0 Å². The summed E-state index contributed by atoms with van der Waals surface area (Å²) in [7, 11) is 0. The molecule has 0 unspecified atom stereocenters. The van der Waals surface area contributed by atoms with Gasteiger partial charge in [-0.05, 0) is 24.3 Å². The third-order valence-corrected chi connectivity index (χ3v) is 2.20. The van der Waals surface area contributed by atoms with E-state index in [2.05, 4.69) is 6.58 Å². The van der Waals surface area contributed by atoms with Crippen LogP contribution in [0, 0.1) is 0 Å². The number of hydrogen-bond donors (Lipinski definition) is 2. The molecule has 4 heteroatoms. The molecule has 1 rings (SSSR count). The van der Waals surface area contributed by atoms with E-state index in [-0.39, 0.29) is 12.2 Å². The lowest BCUT2D eigenvalue weighted by atomic mass is 10.2. The van der Waals surface area contributed by atoms with Crippen molar-refractivity contribution in [3.63, 3.8) is 0 Å². The number of rotatable bonds is 6. The van der Waals surface area contributed by atoms with Gasteiger partial charge in [-0.3, -0.25) is 0 Å². The van der Waals surface area contributed by atoms with Gasteiger partial charge >= 0.3 is 5.97 Å². The zero-order chi connectivity index (χ0) is 12.0. The number of carboxylic acids is 1. The predicted octanol–water partition coefficient (Wildman–Crippen LogP) is 1.37. The molecule has 0 spiro atoms. The van der Waals surface area contributed by atoms with E-state index in [0.717, 1.165) is 5.69 Å². The molecular formula is C12H15NO3. The van der Waals surface area contributed by atoms with Crippen LogP contribution in [-0.4, -0.2) is 35.9 Å². The van der Waals surface area contributed by atoms with Crippen molar-refractivity contribution in [3.05, 3.63) is 42.5 Å². The van der Waals surface area contributed by atoms with Crippen molar-refractivity contribution in [2.24, 2.45) is 0 Å². The van der Waals surface area contributed by atoms with E-state index in [1.165, 1.54) is 0 Å². The van der Waals surface area contributed by atoms with Gasteiger partial charge in [0, 0.05) is 18.8 Å². The summed E-state index contributed by atoms with van der Waals surface area (Å²) in [6.45, 7) is 4.80. The van der Waals surface area contributed by atoms with Gasteiger partial charge in [-0.25, -0.2) is 4.79 Å². The molecule has 1 aromatic carbocycles. The Hall–Kier alpha value is -1.81. The summed E-state index contributed by atoms with van der Waals surface area (Å²) in [5, 5.41) is 17.6.